The van der Waals surface area contributed by atoms with Crippen molar-refractivity contribution in [3.63, 3.8) is 0 Å². The quantitative estimate of drug-likeness (QED) is 0.411. The summed E-state index contributed by atoms with van der Waals surface area (Å²) in [5.74, 6) is 0.949. The number of H-pyrrole nitrogens is 1. The van der Waals surface area contributed by atoms with E-state index in [1.807, 2.05) is 48.5 Å². The lowest BCUT2D eigenvalue weighted by atomic mass is 9.97. The van der Waals surface area contributed by atoms with Crippen LogP contribution in [-0.2, 0) is 0 Å². The topological polar surface area (TPSA) is 73.8 Å². The summed E-state index contributed by atoms with van der Waals surface area (Å²) in [6.45, 7) is 0. The highest BCUT2D eigenvalue weighted by Crippen LogP contribution is 2.38. The molecule has 0 aliphatic carbocycles. The Morgan fingerprint density at radius 3 is 2.70 bits per heavy atom. The molecule has 6 heteroatoms. The van der Waals surface area contributed by atoms with Crippen LogP contribution in [0.15, 0.2) is 73.1 Å². The molecule has 5 aromatic rings. The highest BCUT2D eigenvalue weighted by Gasteiger charge is 2.23. The zero-order valence-corrected chi connectivity index (χ0v) is 15.1. The van der Waals surface area contributed by atoms with Crippen LogP contribution in [0.3, 0.4) is 0 Å². The van der Waals surface area contributed by atoms with Crippen LogP contribution in [0.4, 0.5) is 5.13 Å². The molecule has 0 aliphatic heterocycles. The lowest BCUT2D eigenvalue weighted by Gasteiger charge is -2.20. The molecule has 3 aromatic carbocycles. The molecule has 0 radical (unpaired) electrons. The lowest BCUT2D eigenvalue weighted by molar-refractivity contribution is 0.467. The van der Waals surface area contributed by atoms with Crippen LogP contribution in [0.1, 0.15) is 17.4 Å². The molecule has 0 amide bonds. The van der Waals surface area contributed by atoms with Gasteiger partial charge in [0.2, 0.25) is 0 Å². The second-order valence-electron chi connectivity index (χ2n) is 6.26. The van der Waals surface area contributed by atoms with E-state index in [0.717, 1.165) is 37.5 Å². The molecular weight excluding hydrogens is 356 g/mol. The monoisotopic (exact) mass is 372 g/mol. The number of thiazole rings is 1. The maximum Gasteiger partial charge on any atom is 0.184 e. The van der Waals surface area contributed by atoms with E-state index >= 15 is 0 Å². The minimum atomic E-state index is -0.355. The number of nitrogens with one attached hydrogen (secondary N) is 2. The Hall–Kier alpha value is -3.38. The number of phenols is 1. The molecule has 1 unspecified atom stereocenters. The first-order valence-corrected chi connectivity index (χ1v) is 9.43. The Morgan fingerprint density at radius 2 is 1.85 bits per heavy atom. The number of benzene rings is 3. The zero-order valence-electron chi connectivity index (χ0n) is 14.3. The number of hydrogen-bond acceptors (Lipinski definition) is 5. The number of anilines is 1. The Kier molecular flexibility index (Phi) is 3.76. The number of hydrogen-bond donors (Lipinski definition) is 3. The Morgan fingerprint density at radius 1 is 1.00 bits per heavy atom. The van der Waals surface area contributed by atoms with Gasteiger partial charge in [-0.15, -0.1) is 0 Å². The van der Waals surface area contributed by atoms with Crippen molar-refractivity contribution in [2.24, 2.45) is 0 Å². The average Bonchev–Trinajstić information content (AvgIpc) is 3.36. The van der Waals surface area contributed by atoms with Crippen LogP contribution < -0.4 is 5.32 Å². The van der Waals surface area contributed by atoms with Crippen molar-refractivity contribution >= 4 is 37.5 Å². The summed E-state index contributed by atoms with van der Waals surface area (Å²) in [7, 11) is 0. The number of nitrogens with zero attached hydrogens (tertiary/aromatic N) is 2. The Balaban J connectivity index is 1.67. The largest absolute Gasteiger partial charge is 0.508 e. The number of rotatable bonds is 4. The maximum atomic E-state index is 10.7. The first-order chi connectivity index (χ1) is 13.3. The molecule has 5 rings (SSSR count). The third kappa shape index (κ3) is 2.80. The van der Waals surface area contributed by atoms with Gasteiger partial charge in [0, 0.05) is 18.0 Å². The van der Waals surface area contributed by atoms with E-state index in [1.54, 1.807) is 29.8 Å². The van der Waals surface area contributed by atoms with Crippen molar-refractivity contribution in [3.05, 3.63) is 84.4 Å². The van der Waals surface area contributed by atoms with E-state index in [9.17, 15) is 5.11 Å². The Labute approximate surface area is 159 Å². The van der Waals surface area contributed by atoms with Gasteiger partial charge in [-0.2, -0.15) is 0 Å². The fraction of sp³-hybridized carbons (Fsp3) is 0.0476. The molecule has 132 valence electrons. The van der Waals surface area contributed by atoms with Gasteiger partial charge in [0.15, 0.2) is 5.13 Å². The average molecular weight is 372 g/mol. The van der Waals surface area contributed by atoms with Gasteiger partial charge in [0.1, 0.15) is 17.6 Å². The number of aromatic hydroxyl groups is 1. The van der Waals surface area contributed by atoms with Crippen LogP contribution in [0.5, 0.6) is 5.75 Å². The van der Waals surface area contributed by atoms with Gasteiger partial charge < -0.3 is 15.4 Å². The van der Waals surface area contributed by atoms with Crippen LogP contribution in [0.2, 0.25) is 0 Å². The van der Waals surface area contributed by atoms with E-state index < -0.39 is 0 Å². The van der Waals surface area contributed by atoms with Gasteiger partial charge in [0.25, 0.3) is 0 Å². The number of aromatic amines is 1. The summed E-state index contributed by atoms with van der Waals surface area (Å²) in [5.41, 5.74) is 1.73. The molecule has 2 aromatic heterocycles. The van der Waals surface area contributed by atoms with E-state index in [4.69, 9.17) is 0 Å². The second kappa shape index (κ2) is 6.41. The predicted octanol–water partition coefficient (Wildman–Crippen LogP) is 5.08. The second-order valence-corrected chi connectivity index (χ2v) is 7.29. The first kappa shape index (κ1) is 15.8. The molecule has 2 heterocycles. The van der Waals surface area contributed by atoms with Crippen LogP contribution >= 0.6 is 11.3 Å². The summed E-state index contributed by atoms with van der Waals surface area (Å²) in [4.78, 5) is 12.3. The third-order valence-corrected chi connectivity index (χ3v) is 5.56. The van der Waals surface area contributed by atoms with Crippen molar-refractivity contribution in [3.8, 4) is 5.75 Å². The van der Waals surface area contributed by atoms with E-state index in [0.29, 0.717) is 0 Å². The normalized spacial score (nSPS) is 12.4. The molecule has 0 bridgehead atoms. The molecule has 5 nitrogen and oxygen atoms in total. The van der Waals surface area contributed by atoms with Crippen LogP contribution in [-0.4, -0.2) is 20.1 Å². The van der Waals surface area contributed by atoms with Gasteiger partial charge in [-0.25, -0.2) is 9.97 Å². The molecule has 1 atom stereocenters. The van der Waals surface area contributed by atoms with Crippen LogP contribution in [0.25, 0.3) is 21.0 Å². The molecule has 3 N–H and O–H groups in total. The van der Waals surface area contributed by atoms with Gasteiger partial charge in [0.05, 0.1) is 10.2 Å². The first-order valence-electron chi connectivity index (χ1n) is 8.61. The molecule has 27 heavy (non-hydrogen) atoms. The van der Waals surface area contributed by atoms with Crippen LogP contribution in [0, 0.1) is 0 Å². The summed E-state index contributed by atoms with van der Waals surface area (Å²) in [6.07, 6.45) is 3.50. The van der Waals surface area contributed by atoms with Crippen molar-refractivity contribution in [1.29, 1.82) is 0 Å². The predicted molar refractivity (Wildman–Crippen MR) is 109 cm³/mol. The lowest BCUT2D eigenvalue weighted by Crippen LogP contribution is -2.14. The fourth-order valence-electron chi connectivity index (χ4n) is 3.36. The summed E-state index contributed by atoms with van der Waals surface area (Å²) < 4.78 is 1.11. The molecule has 0 aliphatic rings. The highest BCUT2D eigenvalue weighted by atomic mass is 32.1. The number of phenolic OH excluding ortho intramolecular Hbond substituents is 1. The third-order valence-electron chi connectivity index (χ3n) is 4.59. The smallest absolute Gasteiger partial charge is 0.184 e. The van der Waals surface area contributed by atoms with E-state index in [2.05, 4.69) is 26.3 Å². The maximum absolute atomic E-state index is 10.7. The highest BCUT2D eigenvalue weighted by molar-refractivity contribution is 7.22. The molecule has 0 fully saturated rings. The number of fused-ring (bicyclic) bond motifs is 2. The standard InChI is InChI=1S/C21H16N4OS/c26-16-10-9-13-5-1-2-6-14(13)18(16)19(20-22-11-12-23-20)25-21-24-15-7-3-4-8-17(15)27-21/h1-12,19,26H,(H,22,23)(H,24,25). The van der Waals surface area contributed by atoms with Gasteiger partial charge in [-0.05, 0) is 29.0 Å². The zero-order chi connectivity index (χ0) is 18.2. The molecule has 0 saturated carbocycles. The number of para-hydroxylation sites is 1. The molecule has 0 spiro atoms. The van der Waals surface area contributed by atoms with Gasteiger partial charge in [-0.3, -0.25) is 0 Å². The Bertz CT molecular complexity index is 1200. The van der Waals surface area contributed by atoms with Crippen molar-refractivity contribution in [1.82, 2.24) is 15.0 Å². The van der Waals surface area contributed by atoms with Gasteiger partial charge >= 0.3 is 0 Å². The van der Waals surface area contributed by atoms with E-state index in [1.165, 1.54) is 0 Å². The van der Waals surface area contributed by atoms with Crippen molar-refractivity contribution in [2.75, 3.05) is 5.32 Å². The van der Waals surface area contributed by atoms with Gasteiger partial charge in [-0.1, -0.05) is 53.8 Å². The minimum Gasteiger partial charge on any atom is -0.508 e. The minimum absolute atomic E-state index is 0.226. The number of aromatic nitrogens is 3. The molecular formula is C21H16N4OS. The summed E-state index contributed by atoms with van der Waals surface area (Å²) in [6, 6.07) is 19.3. The SMILES string of the molecule is Oc1ccc2ccccc2c1C(Nc1nc2ccccc2s1)c1ncc[nH]1. The van der Waals surface area contributed by atoms with Crippen molar-refractivity contribution < 1.29 is 5.11 Å². The summed E-state index contributed by atoms with van der Waals surface area (Å²) >= 11 is 1.58. The fourth-order valence-corrected chi connectivity index (χ4v) is 4.25. The molecule has 0 saturated heterocycles. The van der Waals surface area contributed by atoms with Crippen molar-refractivity contribution in [2.45, 2.75) is 6.04 Å². The summed E-state index contributed by atoms with van der Waals surface area (Å²) in [5, 5.41) is 17.0. The van der Waals surface area contributed by atoms with E-state index in [-0.39, 0.29) is 11.8 Å². The number of imidazole rings is 1.